The van der Waals surface area contributed by atoms with Gasteiger partial charge < -0.3 is 10.1 Å². The fourth-order valence-corrected chi connectivity index (χ4v) is 2.83. The molecule has 2 aromatic rings. The molecule has 1 amide bonds. The number of nitrogens with one attached hydrogen (secondary N) is 1. The molecule has 0 bridgehead atoms. The van der Waals surface area contributed by atoms with Gasteiger partial charge in [0.2, 0.25) is 11.1 Å². The van der Waals surface area contributed by atoms with Gasteiger partial charge in [0.05, 0.1) is 12.4 Å². The molecule has 0 radical (unpaired) electrons. The summed E-state index contributed by atoms with van der Waals surface area (Å²) in [6.45, 7) is 5.08. The zero-order chi connectivity index (χ0) is 16.7. The van der Waals surface area contributed by atoms with Crippen molar-refractivity contribution in [2.45, 2.75) is 37.2 Å². The normalized spacial score (nSPS) is 12.0. The first kappa shape index (κ1) is 17.3. The van der Waals surface area contributed by atoms with Gasteiger partial charge in [0, 0.05) is 13.1 Å². The third-order valence-electron chi connectivity index (χ3n) is 3.32. The molecule has 23 heavy (non-hydrogen) atoms. The van der Waals surface area contributed by atoms with Gasteiger partial charge in [0.15, 0.2) is 0 Å². The quantitative estimate of drug-likeness (QED) is 0.737. The molecule has 1 aromatic heterocycles. The number of carbonyl (C=O) groups is 1. The van der Waals surface area contributed by atoms with E-state index in [-0.39, 0.29) is 11.2 Å². The van der Waals surface area contributed by atoms with E-state index in [2.05, 4.69) is 20.8 Å². The lowest BCUT2D eigenvalue weighted by Crippen LogP contribution is -2.32. The van der Waals surface area contributed by atoms with Gasteiger partial charge in [0.25, 0.3) is 0 Å². The van der Waals surface area contributed by atoms with E-state index >= 15 is 0 Å². The van der Waals surface area contributed by atoms with Crippen LogP contribution in [-0.4, -0.2) is 45.0 Å². The molecule has 7 nitrogen and oxygen atoms in total. The predicted molar refractivity (Wildman–Crippen MR) is 88.5 cm³/mol. The largest absolute Gasteiger partial charge is 0.497 e. The Morgan fingerprint density at radius 1 is 1.39 bits per heavy atom. The van der Waals surface area contributed by atoms with E-state index in [4.69, 9.17) is 4.74 Å². The van der Waals surface area contributed by atoms with Crippen LogP contribution in [0, 0.1) is 0 Å². The third-order valence-corrected chi connectivity index (χ3v) is 4.39. The van der Waals surface area contributed by atoms with Crippen LogP contribution in [0.25, 0.3) is 0 Å². The molecular formula is C15H21N5O2S. The van der Waals surface area contributed by atoms with E-state index in [1.54, 1.807) is 11.8 Å². The Hall–Kier alpha value is -2.09. The fraction of sp³-hybridized carbons (Fsp3) is 0.467. The van der Waals surface area contributed by atoms with Gasteiger partial charge in [-0.1, -0.05) is 23.9 Å². The Balaban J connectivity index is 1.77. The molecule has 1 aromatic carbocycles. The monoisotopic (exact) mass is 335 g/mol. The van der Waals surface area contributed by atoms with Crippen LogP contribution in [0.1, 0.15) is 19.4 Å². The topological polar surface area (TPSA) is 81.9 Å². The highest BCUT2D eigenvalue weighted by atomic mass is 32.2. The molecule has 0 aliphatic rings. The second kappa shape index (κ2) is 8.52. The summed E-state index contributed by atoms with van der Waals surface area (Å²) >= 11 is 1.36. The van der Waals surface area contributed by atoms with Crippen LogP contribution in [0.4, 0.5) is 0 Å². The first-order valence-corrected chi connectivity index (χ1v) is 8.35. The number of aryl methyl sites for hydroxylation is 1. The molecular weight excluding hydrogens is 314 g/mol. The Morgan fingerprint density at radius 3 is 2.78 bits per heavy atom. The Labute approximate surface area is 139 Å². The SMILES string of the molecule is CCn1nnnc1S[C@H](C)C(=O)NCCc1ccc(OC)cc1. The molecule has 0 saturated carbocycles. The maximum atomic E-state index is 12.1. The van der Waals surface area contributed by atoms with Crippen molar-refractivity contribution in [1.29, 1.82) is 0 Å². The number of hydrogen-bond donors (Lipinski definition) is 1. The van der Waals surface area contributed by atoms with Crippen molar-refractivity contribution in [3.8, 4) is 5.75 Å². The maximum absolute atomic E-state index is 12.1. The number of nitrogens with zero attached hydrogens (tertiary/aromatic N) is 4. The first-order valence-electron chi connectivity index (χ1n) is 7.47. The molecule has 0 saturated heterocycles. The summed E-state index contributed by atoms with van der Waals surface area (Å²) in [5.74, 6) is 0.811. The predicted octanol–water partition coefficient (Wildman–Crippen LogP) is 1.54. The lowest BCUT2D eigenvalue weighted by molar-refractivity contribution is -0.120. The minimum atomic E-state index is -0.248. The van der Waals surface area contributed by atoms with Gasteiger partial charge in [-0.25, -0.2) is 4.68 Å². The highest BCUT2D eigenvalue weighted by Crippen LogP contribution is 2.20. The average Bonchev–Trinajstić information content (AvgIpc) is 3.02. The summed E-state index contributed by atoms with van der Waals surface area (Å²) in [7, 11) is 1.64. The average molecular weight is 335 g/mol. The molecule has 1 N–H and O–H groups in total. The van der Waals surface area contributed by atoms with Crippen LogP contribution in [0.5, 0.6) is 5.75 Å². The maximum Gasteiger partial charge on any atom is 0.233 e. The molecule has 1 atom stereocenters. The molecule has 1 heterocycles. The number of tetrazole rings is 1. The lowest BCUT2D eigenvalue weighted by Gasteiger charge is -2.11. The van der Waals surface area contributed by atoms with Crippen LogP contribution < -0.4 is 10.1 Å². The third kappa shape index (κ3) is 4.95. The van der Waals surface area contributed by atoms with Crippen molar-refractivity contribution in [2.75, 3.05) is 13.7 Å². The van der Waals surface area contributed by atoms with Gasteiger partial charge in [-0.3, -0.25) is 4.79 Å². The number of carbonyl (C=O) groups excluding carboxylic acids is 1. The van der Waals surface area contributed by atoms with E-state index in [0.717, 1.165) is 17.7 Å². The summed E-state index contributed by atoms with van der Waals surface area (Å²) < 4.78 is 6.79. The highest BCUT2D eigenvalue weighted by molar-refractivity contribution is 8.00. The fourth-order valence-electron chi connectivity index (χ4n) is 1.96. The zero-order valence-corrected chi connectivity index (χ0v) is 14.3. The molecule has 0 fully saturated rings. The Bertz CT molecular complexity index is 629. The summed E-state index contributed by atoms with van der Waals surface area (Å²) in [5.41, 5.74) is 1.15. The number of hydrogen-bond acceptors (Lipinski definition) is 6. The highest BCUT2D eigenvalue weighted by Gasteiger charge is 2.17. The number of thioether (sulfide) groups is 1. The summed E-state index contributed by atoms with van der Waals surface area (Å²) in [6, 6.07) is 7.83. The summed E-state index contributed by atoms with van der Waals surface area (Å²) in [6.07, 6.45) is 0.778. The zero-order valence-electron chi connectivity index (χ0n) is 13.5. The van der Waals surface area contributed by atoms with Crippen molar-refractivity contribution >= 4 is 17.7 Å². The van der Waals surface area contributed by atoms with Crippen molar-refractivity contribution in [2.24, 2.45) is 0 Å². The number of methoxy groups -OCH3 is 1. The van der Waals surface area contributed by atoms with Crippen LogP contribution in [0.2, 0.25) is 0 Å². The Morgan fingerprint density at radius 2 is 2.13 bits per heavy atom. The summed E-state index contributed by atoms with van der Waals surface area (Å²) in [5, 5.41) is 14.8. The standard InChI is InChI=1S/C15H21N5O2S/c1-4-20-15(17-18-19-20)23-11(2)14(21)16-10-9-12-5-7-13(22-3)8-6-12/h5-8,11H,4,9-10H2,1-3H3,(H,16,21)/t11-/m1/s1. The molecule has 124 valence electrons. The van der Waals surface area contributed by atoms with Gasteiger partial charge in [-0.15, -0.1) is 5.10 Å². The van der Waals surface area contributed by atoms with Crippen LogP contribution >= 0.6 is 11.8 Å². The van der Waals surface area contributed by atoms with Gasteiger partial charge >= 0.3 is 0 Å². The van der Waals surface area contributed by atoms with Gasteiger partial charge in [-0.2, -0.15) is 0 Å². The van der Waals surface area contributed by atoms with E-state index < -0.39 is 0 Å². The molecule has 0 aliphatic heterocycles. The van der Waals surface area contributed by atoms with Crippen LogP contribution in [-0.2, 0) is 17.8 Å². The van der Waals surface area contributed by atoms with E-state index in [9.17, 15) is 4.79 Å². The number of benzene rings is 1. The van der Waals surface area contributed by atoms with Crippen molar-refractivity contribution in [1.82, 2.24) is 25.5 Å². The van der Waals surface area contributed by atoms with Crippen LogP contribution in [0.3, 0.4) is 0 Å². The van der Waals surface area contributed by atoms with E-state index in [1.165, 1.54) is 11.8 Å². The van der Waals surface area contributed by atoms with Gasteiger partial charge in [-0.05, 0) is 48.4 Å². The molecule has 0 unspecified atom stereocenters. The van der Waals surface area contributed by atoms with Crippen LogP contribution in [0.15, 0.2) is 29.4 Å². The lowest BCUT2D eigenvalue weighted by atomic mass is 10.1. The van der Waals surface area contributed by atoms with Crippen molar-refractivity contribution < 1.29 is 9.53 Å². The molecule has 0 spiro atoms. The minimum Gasteiger partial charge on any atom is -0.497 e. The van der Waals surface area contributed by atoms with E-state index in [0.29, 0.717) is 18.2 Å². The van der Waals surface area contributed by atoms with Crippen molar-refractivity contribution in [3.63, 3.8) is 0 Å². The number of rotatable bonds is 8. The summed E-state index contributed by atoms with van der Waals surface area (Å²) in [4.78, 5) is 12.1. The number of ether oxygens (including phenoxy) is 1. The molecule has 2 rings (SSSR count). The van der Waals surface area contributed by atoms with Crippen molar-refractivity contribution in [3.05, 3.63) is 29.8 Å². The molecule has 8 heteroatoms. The first-order chi connectivity index (χ1) is 11.1. The second-order valence-corrected chi connectivity index (χ2v) is 6.23. The van der Waals surface area contributed by atoms with E-state index in [1.807, 2.05) is 38.1 Å². The smallest absolute Gasteiger partial charge is 0.233 e. The number of aromatic nitrogens is 4. The number of amides is 1. The minimum absolute atomic E-state index is 0.0193. The Kier molecular flexibility index (Phi) is 6.40. The molecule has 0 aliphatic carbocycles. The van der Waals surface area contributed by atoms with Gasteiger partial charge in [0.1, 0.15) is 5.75 Å². The second-order valence-electron chi connectivity index (χ2n) is 4.93.